The van der Waals surface area contributed by atoms with Crippen LogP contribution in [0.25, 0.3) is 0 Å². The van der Waals surface area contributed by atoms with Gasteiger partial charge in [0.05, 0.1) is 17.5 Å². The third-order valence-corrected chi connectivity index (χ3v) is 8.56. The maximum absolute atomic E-state index is 13.1. The van der Waals surface area contributed by atoms with E-state index in [1.807, 2.05) is 23.6 Å². The summed E-state index contributed by atoms with van der Waals surface area (Å²) in [7, 11) is -3.24. The van der Waals surface area contributed by atoms with Gasteiger partial charge in [-0.1, -0.05) is 18.9 Å². The standard InChI is InChI=1S/C21H25NO5S2/c23-21(9-13-29(24,25)18-5-1-2-6-18)22(15-17-4-3-12-28-17)16-7-8-19-20(14-16)27-11-10-26-19/h3-4,7-8,12,14,18H,1-2,5-6,9-11,13,15H2. The molecule has 2 aromatic rings. The fourth-order valence-corrected chi connectivity index (χ4v) is 6.40. The van der Waals surface area contributed by atoms with Gasteiger partial charge in [-0.2, -0.15) is 0 Å². The predicted molar refractivity (Wildman–Crippen MR) is 114 cm³/mol. The molecule has 0 radical (unpaired) electrons. The molecule has 0 bridgehead atoms. The highest BCUT2D eigenvalue weighted by Gasteiger charge is 2.30. The Morgan fingerprint density at radius 1 is 1.10 bits per heavy atom. The maximum Gasteiger partial charge on any atom is 0.228 e. The number of anilines is 1. The van der Waals surface area contributed by atoms with Gasteiger partial charge in [0.1, 0.15) is 13.2 Å². The molecule has 1 amide bonds. The molecule has 29 heavy (non-hydrogen) atoms. The molecular weight excluding hydrogens is 410 g/mol. The Morgan fingerprint density at radius 2 is 1.86 bits per heavy atom. The fraction of sp³-hybridized carbons (Fsp3) is 0.476. The second kappa shape index (κ2) is 8.75. The number of benzene rings is 1. The minimum absolute atomic E-state index is 0.0152. The number of carbonyl (C=O) groups excluding carboxylic acids is 1. The van der Waals surface area contributed by atoms with Gasteiger partial charge in [0.2, 0.25) is 5.91 Å². The second-order valence-electron chi connectivity index (χ2n) is 7.41. The third-order valence-electron chi connectivity index (χ3n) is 5.44. The lowest BCUT2D eigenvalue weighted by Gasteiger charge is -2.25. The minimum atomic E-state index is -3.24. The van der Waals surface area contributed by atoms with Gasteiger partial charge in [0, 0.05) is 23.1 Å². The molecule has 1 aliphatic carbocycles. The molecule has 0 saturated heterocycles. The number of carbonyl (C=O) groups is 1. The minimum Gasteiger partial charge on any atom is -0.486 e. The molecule has 0 unspecified atom stereocenters. The highest BCUT2D eigenvalue weighted by molar-refractivity contribution is 7.92. The lowest BCUT2D eigenvalue weighted by molar-refractivity contribution is -0.118. The van der Waals surface area contributed by atoms with Gasteiger partial charge < -0.3 is 14.4 Å². The van der Waals surface area contributed by atoms with Crippen LogP contribution in [0.15, 0.2) is 35.7 Å². The zero-order valence-electron chi connectivity index (χ0n) is 16.2. The van der Waals surface area contributed by atoms with Crippen molar-refractivity contribution in [1.82, 2.24) is 0 Å². The first-order chi connectivity index (χ1) is 14.0. The maximum atomic E-state index is 13.1. The second-order valence-corrected chi connectivity index (χ2v) is 10.8. The van der Waals surface area contributed by atoms with E-state index in [1.165, 1.54) is 0 Å². The van der Waals surface area contributed by atoms with Crippen LogP contribution < -0.4 is 14.4 Å². The van der Waals surface area contributed by atoms with Crippen molar-refractivity contribution in [2.75, 3.05) is 23.9 Å². The van der Waals surface area contributed by atoms with E-state index in [2.05, 4.69) is 0 Å². The van der Waals surface area contributed by atoms with Crippen molar-refractivity contribution >= 4 is 32.8 Å². The Bertz CT molecular complexity index is 949. The van der Waals surface area contributed by atoms with Crippen LogP contribution in [0, 0.1) is 0 Å². The summed E-state index contributed by atoms with van der Waals surface area (Å²) in [5.74, 6) is 0.974. The van der Waals surface area contributed by atoms with Gasteiger partial charge in [-0.15, -0.1) is 11.3 Å². The largest absolute Gasteiger partial charge is 0.486 e. The summed E-state index contributed by atoms with van der Waals surface area (Å²) in [4.78, 5) is 15.8. The normalized spacial score (nSPS) is 16.7. The van der Waals surface area contributed by atoms with E-state index >= 15 is 0 Å². The molecule has 1 aromatic carbocycles. The molecule has 8 heteroatoms. The summed E-state index contributed by atoms with van der Waals surface area (Å²) in [5, 5.41) is 1.68. The monoisotopic (exact) mass is 435 g/mol. The van der Waals surface area contributed by atoms with E-state index in [-0.39, 0.29) is 23.3 Å². The van der Waals surface area contributed by atoms with Crippen LogP contribution in [0.1, 0.15) is 37.0 Å². The summed E-state index contributed by atoms with van der Waals surface area (Å²) in [6.07, 6.45) is 3.34. The van der Waals surface area contributed by atoms with E-state index in [0.717, 1.165) is 30.6 Å². The number of hydrogen-bond donors (Lipinski definition) is 0. The number of rotatable bonds is 7. The molecule has 1 saturated carbocycles. The summed E-state index contributed by atoms with van der Waals surface area (Å²) >= 11 is 1.57. The Morgan fingerprint density at radius 3 is 2.59 bits per heavy atom. The average molecular weight is 436 g/mol. The van der Waals surface area contributed by atoms with Crippen LogP contribution in [0.2, 0.25) is 0 Å². The Balaban J connectivity index is 1.53. The van der Waals surface area contributed by atoms with Crippen molar-refractivity contribution < 1.29 is 22.7 Å². The molecule has 2 aliphatic rings. The number of thiophene rings is 1. The number of ether oxygens (including phenoxy) is 2. The van der Waals surface area contributed by atoms with Crippen LogP contribution in [0.3, 0.4) is 0 Å². The van der Waals surface area contributed by atoms with Gasteiger partial charge in [0.15, 0.2) is 21.3 Å². The molecule has 1 aromatic heterocycles. The highest BCUT2D eigenvalue weighted by Crippen LogP contribution is 2.35. The molecule has 1 fully saturated rings. The van der Waals surface area contributed by atoms with E-state index in [9.17, 15) is 13.2 Å². The van der Waals surface area contributed by atoms with E-state index < -0.39 is 9.84 Å². The van der Waals surface area contributed by atoms with Crippen molar-refractivity contribution in [2.24, 2.45) is 0 Å². The Hall–Kier alpha value is -2.06. The lowest BCUT2D eigenvalue weighted by Crippen LogP contribution is -2.33. The van der Waals surface area contributed by atoms with Crippen LogP contribution in [-0.2, 0) is 21.2 Å². The highest BCUT2D eigenvalue weighted by atomic mass is 32.2. The lowest BCUT2D eigenvalue weighted by atomic mass is 10.2. The van der Waals surface area contributed by atoms with Gasteiger partial charge in [0.25, 0.3) is 0 Å². The van der Waals surface area contributed by atoms with Crippen LogP contribution in [-0.4, -0.2) is 38.5 Å². The van der Waals surface area contributed by atoms with Crippen LogP contribution >= 0.6 is 11.3 Å². The number of hydrogen-bond acceptors (Lipinski definition) is 6. The molecule has 0 atom stereocenters. The molecule has 156 valence electrons. The number of amides is 1. The van der Waals surface area contributed by atoms with Crippen molar-refractivity contribution in [3.8, 4) is 11.5 Å². The predicted octanol–water partition coefficient (Wildman–Crippen LogP) is 3.80. The van der Waals surface area contributed by atoms with Crippen molar-refractivity contribution in [3.05, 3.63) is 40.6 Å². The topological polar surface area (TPSA) is 72.9 Å². The fourth-order valence-electron chi connectivity index (χ4n) is 3.86. The van der Waals surface area contributed by atoms with Crippen molar-refractivity contribution in [3.63, 3.8) is 0 Å². The first kappa shape index (κ1) is 20.2. The molecule has 6 nitrogen and oxygen atoms in total. The SMILES string of the molecule is O=C(CCS(=O)(=O)C1CCCC1)N(Cc1cccs1)c1ccc2c(c1)OCCO2. The zero-order valence-corrected chi connectivity index (χ0v) is 17.8. The summed E-state index contributed by atoms with van der Waals surface area (Å²) in [5.41, 5.74) is 0.686. The summed E-state index contributed by atoms with van der Waals surface area (Å²) in [6, 6.07) is 9.33. The summed E-state index contributed by atoms with van der Waals surface area (Å²) < 4.78 is 36.4. The Kier molecular flexibility index (Phi) is 6.10. The molecule has 4 rings (SSSR count). The zero-order chi connectivity index (χ0) is 20.3. The number of fused-ring (bicyclic) bond motifs is 1. The Labute approximate surface area is 175 Å². The summed E-state index contributed by atoms with van der Waals surface area (Å²) in [6.45, 7) is 1.37. The smallest absolute Gasteiger partial charge is 0.228 e. The van der Waals surface area contributed by atoms with Crippen LogP contribution in [0.4, 0.5) is 5.69 Å². The molecule has 2 heterocycles. The molecule has 0 N–H and O–H groups in total. The third kappa shape index (κ3) is 4.75. The van der Waals surface area contributed by atoms with Crippen molar-refractivity contribution in [1.29, 1.82) is 0 Å². The molecule has 1 aliphatic heterocycles. The number of sulfone groups is 1. The number of nitrogens with zero attached hydrogens (tertiary/aromatic N) is 1. The van der Waals surface area contributed by atoms with E-state index in [1.54, 1.807) is 28.4 Å². The van der Waals surface area contributed by atoms with Gasteiger partial charge in [-0.25, -0.2) is 8.42 Å². The average Bonchev–Trinajstić information content (AvgIpc) is 3.44. The van der Waals surface area contributed by atoms with Gasteiger partial charge in [-0.05, 0) is 36.4 Å². The first-order valence-corrected chi connectivity index (χ1v) is 12.6. The molecule has 0 spiro atoms. The van der Waals surface area contributed by atoms with Crippen molar-refractivity contribution in [2.45, 2.75) is 43.9 Å². The van der Waals surface area contributed by atoms with E-state index in [4.69, 9.17) is 9.47 Å². The van der Waals surface area contributed by atoms with Crippen LogP contribution in [0.5, 0.6) is 11.5 Å². The van der Waals surface area contributed by atoms with Gasteiger partial charge in [-0.3, -0.25) is 4.79 Å². The van der Waals surface area contributed by atoms with E-state index in [0.29, 0.717) is 36.9 Å². The molecular formula is C21H25NO5S2. The first-order valence-electron chi connectivity index (χ1n) is 9.97. The quantitative estimate of drug-likeness (QED) is 0.661. The van der Waals surface area contributed by atoms with Gasteiger partial charge >= 0.3 is 0 Å².